The molecule has 0 unspecified atom stereocenters. The number of nitrogens with zero attached hydrogens (tertiary/aromatic N) is 1. The first-order valence-electron chi connectivity index (χ1n) is 6.31. The van der Waals surface area contributed by atoms with Crippen LogP contribution in [0.15, 0.2) is 24.3 Å². The number of hydrogen-bond donors (Lipinski definition) is 3. The standard InChI is InChI=1S/C14H16N4O3/c1-8-13(9(2)18-17-8)14(20)16-10-3-5-11(6-4-10)21-7-12(15)19/h3-6H,7H2,1-2H3,(H2,15,19)(H,16,20)(H,17,18). The Hall–Kier alpha value is -2.83. The number of carbonyl (C=O) groups excluding carboxylic acids is 2. The Kier molecular flexibility index (Phi) is 4.22. The number of aryl methyl sites for hydroxylation is 2. The van der Waals surface area contributed by atoms with Gasteiger partial charge in [0.1, 0.15) is 5.75 Å². The number of nitrogens with one attached hydrogen (secondary N) is 2. The fourth-order valence-electron chi connectivity index (χ4n) is 1.87. The summed E-state index contributed by atoms with van der Waals surface area (Å²) in [7, 11) is 0. The number of nitrogens with two attached hydrogens (primary N) is 1. The predicted octanol–water partition coefficient (Wildman–Crippen LogP) is 1.14. The van der Waals surface area contributed by atoms with Crippen molar-refractivity contribution >= 4 is 17.5 Å². The Morgan fingerprint density at radius 3 is 2.48 bits per heavy atom. The van der Waals surface area contributed by atoms with E-state index in [4.69, 9.17) is 10.5 Å². The van der Waals surface area contributed by atoms with Gasteiger partial charge in [-0.25, -0.2) is 0 Å². The molecule has 4 N–H and O–H groups in total. The Labute approximate surface area is 121 Å². The summed E-state index contributed by atoms with van der Waals surface area (Å²) in [5, 5.41) is 9.52. The first-order valence-corrected chi connectivity index (χ1v) is 6.31. The third-order valence-corrected chi connectivity index (χ3v) is 2.85. The highest BCUT2D eigenvalue weighted by atomic mass is 16.5. The zero-order valence-electron chi connectivity index (χ0n) is 11.8. The van der Waals surface area contributed by atoms with Crippen LogP contribution in [0.2, 0.25) is 0 Å². The number of hydrogen-bond acceptors (Lipinski definition) is 4. The highest BCUT2D eigenvalue weighted by Gasteiger charge is 2.15. The fourth-order valence-corrected chi connectivity index (χ4v) is 1.87. The van der Waals surface area contributed by atoms with Crippen LogP contribution in [-0.4, -0.2) is 28.6 Å². The van der Waals surface area contributed by atoms with Gasteiger partial charge < -0.3 is 15.8 Å². The molecule has 1 heterocycles. The van der Waals surface area contributed by atoms with Crippen molar-refractivity contribution in [2.75, 3.05) is 11.9 Å². The van der Waals surface area contributed by atoms with E-state index in [1.807, 2.05) is 0 Å². The van der Waals surface area contributed by atoms with Gasteiger partial charge >= 0.3 is 0 Å². The van der Waals surface area contributed by atoms with Crippen LogP contribution >= 0.6 is 0 Å². The van der Waals surface area contributed by atoms with Crippen LogP contribution in [0.4, 0.5) is 5.69 Å². The molecule has 0 aliphatic carbocycles. The van der Waals surface area contributed by atoms with Crippen LogP contribution in [0.25, 0.3) is 0 Å². The van der Waals surface area contributed by atoms with Gasteiger partial charge in [0.25, 0.3) is 11.8 Å². The Bertz CT molecular complexity index is 642. The van der Waals surface area contributed by atoms with Crippen molar-refractivity contribution < 1.29 is 14.3 Å². The van der Waals surface area contributed by atoms with Crippen molar-refractivity contribution in [3.8, 4) is 5.75 Å². The normalized spacial score (nSPS) is 10.2. The van der Waals surface area contributed by atoms with Crippen LogP contribution in [0, 0.1) is 13.8 Å². The number of aromatic nitrogens is 2. The van der Waals surface area contributed by atoms with Crippen LogP contribution in [-0.2, 0) is 4.79 Å². The van der Waals surface area contributed by atoms with Crippen molar-refractivity contribution in [1.29, 1.82) is 0 Å². The summed E-state index contributed by atoms with van der Waals surface area (Å²) in [5.74, 6) is -0.273. The van der Waals surface area contributed by atoms with E-state index < -0.39 is 5.91 Å². The summed E-state index contributed by atoms with van der Waals surface area (Å²) >= 11 is 0. The molecule has 0 saturated carbocycles. The van der Waals surface area contributed by atoms with Gasteiger partial charge in [0, 0.05) is 11.4 Å². The molecule has 0 radical (unpaired) electrons. The zero-order chi connectivity index (χ0) is 15.4. The second kappa shape index (κ2) is 6.08. The minimum atomic E-state index is -0.543. The number of benzene rings is 1. The second-order valence-corrected chi connectivity index (χ2v) is 4.54. The summed E-state index contributed by atoms with van der Waals surface area (Å²) in [4.78, 5) is 22.8. The largest absolute Gasteiger partial charge is 0.484 e. The van der Waals surface area contributed by atoms with Crippen LogP contribution in [0.5, 0.6) is 5.75 Å². The Morgan fingerprint density at radius 1 is 1.29 bits per heavy atom. The summed E-state index contributed by atoms with van der Waals surface area (Å²) in [6, 6.07) is 6.65. The molecule has 2 amide bonds. The monoisotopic (exact) mass is 288 g/mol. The molecule has 21 heavy (non-hydrogen) atoms. The van der Waals surface area contributed by atoms with E-state index >= 15 is 0 Å². The number of carbonyl (C=O) groups is 2. The first-order chi connectivity index (χ1) is 9.97. The predicted molar refractivity (Wildman–Crippen MR) is 77.1 cm³/mol. The molecule has 0 atom stereocenters. The van der Waals surface area contributed by atoms with Gasteiger partial charge in [-0.2, -0.15) is 5.10 Å². The molecule has 1 aromatic carbocycles. The zero-order valence-corrected chi connectivity index (χ0v) is 11.8. The van der Waals surface area contributed by atoms with Gasteiger partial charge in [-0.15, -0.1) is 0 Å². The lowest BCUT2D eigenvalue weighted by atomic mass is 10.2. The van der Waals surface area contributed by atoms with Crippen molar-refractivity contribution in [3.63, 3.8) is 0 Å². The minimum absolute atomic E-state index is 0.181. The Morgan fingerprint density at radius 2 is 1.95 bits per heavy atom. The molecule has 1 aromatic heterocycles. The number of ether oxygens (including phenoxy) is 1. The topological polar surface area (TPSA) is 110 Å². The van der Waals surface area contributed by atoms with E-state index in [-0.39, 0.29) is 12.5 Å². The maximum atomic E-state index is 12.2. The smallest absolute Gasteiger partial charge is 0.259 e. The molecule has 0 aliphatic heterocycles. The third-order valence-electron chi connectivity index (χ3n) is 2.85. The highest BCUT2D eigenvalue weighted by Crippen LogP contribution is 2.17. The fraction of sp³-hybridized carbons (Fsp3) is 0.214. The van der Waals surface area contributed by atoms with Gasteiger partial charge in [-0.3, -0.25) is 14.7 Å². The molecule has 0 saturated heterocycles. The van der Waals surface area contributed by atoms with E-state index in [0.29, 0.717) is 28.4 Å². The van der Waals surface area contributed by atoms with Gasteiger partial charge in [0.2, 0.25) is 0 Å². The van der Waals surface area contributed by atoms with E-state index in [1.54, 1.807) is 38.1 Å². The van der Waals surface area contributed by atoms with Gasteiger partial charge in [-0.1, -0.05) is 0 Å². The van der Waals surface area contributed by atoms with E-state index in [1.165, 1.54) is 0 Å². The maximum Gasteiger partial charge on any atom is 0.259 e. The number of rotatable bonds is 5. The number of anilines is 1. The Balaban J connectivity index is 2.03. The van der Waals surface area contributed by atoms with Crippen LogP contribution in [0.1, 0.15) is 21.7 Å². The summed E-state index contributed by atoms with van der Waals surface area (Å²) < 4.78 is 5.14. The maximum absolute atomic E-state index is 12.2. The molecule has 7 nitrogen and oxygen atoms in total. The molecule has 0 bridgehead atoms. The van der Waals surface area contributed by atoms with Gasteiger partial charge in [-0.05, 0) is 38.1 Å². The van der Waals surface area contributed by atoms with Crippen molar-refractivity contribution in [2.24, 2.45) is 5.73 Å². The van der Waals surface area contributed by atoms with Crippen molar-refractivity contribution in [1.82, 2.24) is 10.2 Å². The third kappa shape index (κ3) is 3.59. The summed E-state index contributed by atoms with van der Waals surface area (Å²) in [6.45, 7) is 3.37. The molecule has 7 heteroatoms. The summed E-state index contributed by atoms with van der Waals surface area (Å²) in [6.07, 6.45) is 0. The number of aromatic amines is 1. The van der Waals surface area contributed by atoms with E-state index in [0.717, 1.165) is 0 Å². The number of H-pyrrole nitrogens is 1. The number of amides is 2. The second-order valence-electron chi connectivity index (χ2n) is 4.54. The lowest BCUT2D eigenvalue weighted by Crippen LogP contribution is -2.20. The molecule has 0 aliphatic rings. The van der Waals surface area contributed by atoms with Crippen molar-refractivity contribution in [3.05, 3.63) is 41.2 Å². The SMILES string of the molecule is Cc1n[nH]c(C)c1C(=O)Nc1ccc(OCC(N)=O)cc1. The molecular weight excluding hydrogens is 272 g/mol. The quantitative estimate of drug-likeness (QED) is 0.766. The molecule has 0 spiro atoms. The van der Waals surface area contributed by atoms with E-state index in [9.17, 15) is 9.59 Å². The average Bonchev–Trinajstić information content (AvgIpc) is 2.77. The minimum Gasteiger partial charge on any atom is -0.484 e. The molecule has 2 aromatic rings. The average molecular weight is 288 g/mol. The van der Waals surface area contributed by atoms with Crippen molar-refractivity contribution in [2.45, 2.75) is 13.8 Å². The summed E-state index contributed by atoms with van der Waals surface area (Å²) in [5.41, 5.74) is 7.50. The van der Waals surface area contributed by atoms with Gasteiger partial charge in [0.15, 0.2) is 6.61 Å². The molecule has 110 valence electrons. The molecule has 0 fully saturated rings. The molecule has 2 rings (SSSR count). The van der Waals surface area contributed by atoms with Crippen LogP contribution in [0.3, 0.4) is 0 Å². The lowest BCUT2D eigenvalue weighted by molar-refractivity contribution is -0.119. The van der Waals surface area contributed by atoms with Crippen LogP contribution < -0.4 is 15.8 Å². The number of primary amides is 1. The van der Waals surface area contributed by atoms with E-state index in [2.05, 4.69) is 15.5 Å². The lowest BCUT2D eigenvalue weighted by Gasteiger charge is -2.07. The first kappa shape index (κ1) is 14.6. The molecular formula is C14H16N4O3. The van der Waals surface area contributed by atoms with Gasteiger partial charge in [0.05, 0.1) is 11.3 Å². The highest BCUT2D eigenvalue weighted by molar-refractivity contribution is 6.05.